The topological polar surface area (TPSA) is 55.1 Å². The van der Waals surface area contributed by atoms with E-state index in [2.05, 4.69) is 47.6 Å². The highest BCUT2D eigenvalue weighted by molar-refractivity contribution is 7.97. The Balaban J connectivity index is 1.49. The van der Waals surface area contributed by atoms with E-state index in [1.54, 1.807) is 16.8 Å². The van der Waals surface area contributed by atoms with E-state index in [0.29, 0.717) is 4.90 Å². The third-order valence-corrected chi connectivity index (χ3v) is 7.54. The first-order chi connectivity index (χ1) is 14.3. The van der Waals surface area contributed by atoms with Gasteiger partial charge in [-0.25, -0.2) is 0 Å². The summed E-state index contributed by atoms with van der Waals surface area (Å²) in [7, 11) is -1.30. The van der Waals surface area contributed by atoms with Gasteiger partial charge in [-0.2, -0.15) is 9.65 Å². The maximum atomic E-state index is 13.0. The van der Waals surface area contributed by atoms with Gasteiger partial charge in [0.05, 0.1) is 5.69 Å². The molecule has 1 N–H and O–H groups in total. The number of aryl methyl sites for hydroxylation is 4. The SMILES string of the molecule is Cc1nn(C)c(C)c1C[S+](=O)(O)c1ccc(CCc2cccc3ccccc23)cc1. The third-order valence-electron chi connectivity index (χ3n) is 5.85. The standard InChI is InChI=1S/C25H26N2O2S/c1-18-25(19(2)27(3)26-18)17-30(28,29)23-15-12-20(13-16-23)11-14-22-9-6-8-21-7-4-5-10-24(21)22/h4-10,12-13,15-16H,11,14,17H2,1-3H3/p+1. The summed E-state index contributed by atoms with van der Waals surface area (Å²) in [6.07, 6.45) is 1.82. The largest absolute Gasteiger partial charge is 0.272 e. The molecule has 4 aromatic rings. The van der Waals surface area contributed by atoms with Crippen LogP contribution in [-0.2, 0) is 40.1 Å². The van der Waals surface area contributed by atoms with E-state index in [1.807, 2.05) is 33.0 Å². The van der Waals surface area contributed by atoms with Crippen molar-refractivity contribution in [1.29, 1.82) is 0 Å². The monoisotopic (exact) mass is 419 g/mol. The number of fused-ring (bicyclic) bond motifs is 1. The molecule has 4 nitrogen and oxygen atoms in total. The Kier molecular flexibility index (Phi) is 5.58. The van der Waals surface area contributed by atoms with Crippen LogP contribution in [0.2, 0.25) is 0 Å². The highest BCUT2D eigenvalue weighted by atomic mass is 32.3. The molecule has 1 aromatic heterocycles. The van der Waals surface area contributed by atoms with Crippen molar-refractivity contribution < 1.29 is 8.76 Å². The van der Waals surface area contributed by atoms with Crippen LogP contribution in [0.3, 0.4) is 0 Å². The molecule has 0 bridgehead atoms. The van der Waals surface area contributed by atoms with E-state index < -0.39 is 10.2 Å². The van der Waals surface area contributed by atoms with Gasteiger partial charge in [0.15, 0.2) is 10.6 Å². The quantitative estimate of drug-likeness (QED) is 0.420. The zero-order valence-corrected chi connectivity index (χ0v) is 18.4. The van der Waals surface area contributed by atoms with Crippen molar-refractivity contribution in [2.45, 2.75) is 37.3 Å². The first-order valence-electron chi connectivity index (χ1n) is 10.1. The fraction of sp³-hybridized carbons (Fsp3) is 0.240. The highest BCUT2D eigenvalue weighted by Crippen LogP contribution is 2.26. The summed E-state index contributed by atoms with van der Waals surface area (Å²) in [5, 5.41) is 6.90. The van der Waals surface area contributed by atoms with E-state index >= 15 is 0 Å². The van der Waals surface area contributed by atoms with Crippen molar-refractivity contribution in [3.05, 3.63) is 94.8 Å². The molecule has 0 fully saturated rings. The first-order valence-corrected chi connectivity index (χ1v) is 11.8. The number of hydrogen-bond donors (Lipinski definition) is 1. The van der Waals surface area contributed by atoms with Gasteiger partial charge in [0, 0.05) is 18.3 Å². The molecule has 0 radical (unpaired) electrons. The van der Waals surface area contributed by atoms with Gasteiger partial charge in [-0.15, -0.1) is 0 Å². The van der Waals surface area contributed by atoms with Crippen LogP contribution in [-0.4, -0.2) is 14.3 Å². The van der Waals surface area contributed by atoms with Gasteiger partial charge in [0.25, 0.3) is 10.2 Å². The number of aromatic nitrogens is 2. The Morgan fingerprint density at radius 2 is 1.63 bits per heavy atom. The van der Waals surface area contributed by atoms with Crippen LogP contribution in [0.5, 0.6) is 0 Å². The Labute approximate surface area is 178 Å². The number of nitrogens with zero attached hydrogens (tertiary/aromatic N) is 2. The molecule has 30 heavy (non-hydrogen) atoms. The molecule has 0 aliphatic carbocycles. The summed E-state index contributed by atoms with van der Waals surface area (Å²) in [6.45, 7) is 3.81. The van der Waals surface area contributed by atoms with E-state index in [0.717, 1.165) is 35.4 Å². The van der Waals surface area contributed by atoms with Crippen LogP contribution < -0.4 is 0 Å². The average molecular weight is 420 g/mol. The summed E-state index contributed by atoms with van der Waals surface area (Å²) >= 11 is 0. The van der Waals surface area contributed by atoms with Crippen molar-refractivity contribution in [3.63, 3.8) is 0 Å². The minimum absolute atomic E-state index is 0.0911. The van der Waals surface area contributed by atoms with Crippen molar-refractivity contribution in [2.75, 3.05) is 0 Å². The normalized spacial score (nSPS) is 13.5. The molecular formula is C25H27N2O2S+. The van der Waals surface area contributed by atoms with Crippen LogP contribution in [0.1, 0.15) is 28.1 Å². The molecule has 4 rings (SSSR count). The predicted octanol–water partition coefficient (Wildman–Crippen LogP) is 5.51. The van der Waals surface area contributed by atoms with Crippen LogP contribution in [0, 0.1) is 13.8 Å². The van der Waals surface area contributed by atoms with Gasteiger partial charge in [0.1, 0.15) is 0 Å². The van der Waals surface area contributed by atoms with E-state index in [9.17, 15) is 8.76 Å². The molecule has 0 saturated heterocycles. The lowest BCUT2D eigenvalue weighted by atomic mass is 9.99. The van der Waals surface area contributed by atoms with Gasteiger partial charge in [0.2, 0.25) is 0 Å². The lowest BCUT2D eigenvalue weighted by Gasteiger charge is -2.08. The molecule has 0 aliphatic heterocycles. The third kappa shape index (κ3) is 4.09. The zero-order valence-electron chi connectivity index (χ0n) is 17.6. The summed E-state index contributed by atoms with van der Waals surface area (Å²) in [6, 6.07) is 22.4. The molecule has 154 valence electrons. The average Bonchev–Trinajstić information content (AvgIpc) is 2.98. The summed E-state index contributed by atoms with van der Waals surface area (Å²) < 4.78 is 25.5. The van der Waals surface area contributed by atoms with E-state index in [4.69, 9.17) is 0 Å². The molecule has 0 spiro atoms. The Bertz CT molecular complexity index is 1240. The molecule has 1 heterocycles. The molecule has 1 atom stereocenters. The fourth-order valence-corrected chi connectivity index (χ4v) is 5.50. The van der Waals surface area contributed by atoms with Crippen LogP contribution >= 0.6 is 0 Å². The first kappa shape index (κ1) is 20.5. The van der Waals surface area contributed by atoms with Gasteiger partial charge in [-0.1, -0.05) is 58.8 Å². The minimum atomic E-state index is -3.16. The Hall–Kier alpha value is -2.76. The summed E-state index contributed by atoms with van der Waals surface area (Å²) in [5.74, 6) is 0.0911. The maximum Gasteiger partial charge on any atom is 0.252 e. The van der Waals surface area contributed by atoms with Crippen LogP contribution in [0.15, 0.2) is 71.6 Å². The molecule has 5 heteroatoms. The van der Waals surface area contributed by atoms with Crippen molar-refractivity contribution in [3.8, 4) is 0 Å². The van der Waals surface area contributed by atoms with Gasteiger partial charge >= 0.3 is 0 Å². The van der Waals surface area contributed by atoms with E-state index in [1.165, 1.54) is 16.3 Å². The number of hydrogen-bond acceptors (Lipinski definition) is 2. The van der Waals surface area contributed by atoms with Crippen molar-refractivity contribution in [2.24, 2.45) is 7.05 Å². The van der Waals surface area contributed by atoms with Gasteiger partial charge < -0.3 is 0 Å². The maximum absolute atomic E-state index is 13.0. The summed E-state index contributed by atoms with van der Waals surface area (Å²) in [5.41, 5.74) is 5.08. The molecule has 1 unspecified atom stereocenters. The van der Waals surface area contributed by atoms with Crippen LogP contribution in [0.25, 0.3) is 10.8 Å². The molecular weight excluding hydrogens is 392 g/mol. The highest BCUT2D eigenvalue weighted by Gasteiger charge is 2.32. The fourth-order valence-electron chi connectivity index (χ4n) is 3.96. The van der Waals surface area contributed by atoms with Crippen molar-refractivity contribution in [1.82, 2.24) is 9.78 Å². The minimum Gasteiger partial charge on any atom is -0.272 e. The van der Waals surface area contributed by atoms with Gasteiger partial charge in [-0.3, -0.25) is 4.68 Å². The Morgan fingerprint density at radius 3 is 2.33 bits per heavy atom. The predicted molar refractivity (Wildman–Crippen MR) is 123 cm³/mol. The van der Waals surface area contributed by atoms with Crippen molar-refractivity contribution >= 4 is 21.0 Å². The Morgan fingerprint density at radius 1 is 0.933 bits per heavy atom. The molecule has 3 aromatic carbocycles. The summed E-state index contributed by atoms with van der Waals surface area (Å²) in [4.78, 5) is 0.471. The molecule has 0 saturated carbocycles. The smallest absolute Gasteiger partial charge is 0.252 e. The second-order valence-corrected chi connectivity index (χ2v) is 9.88. The zero-order chi connectivity index (χ0) is 21.3. The lowest BCUT2D eigenvalue weighted by Crippen LogP contribution is -2.14. The number of benzene rings is 3. The second-order valence-electron chi connectivity index (χ2n) is 7.84. The molecule has 0 aliphatic rings. The van der Waals surface area contributed by atoms with Gasteiger partial charge in [-0.05, 0) is 60.7 Å². The lowest BCUT2D eigenvalue weighted by molar-refractivity contribution is 0.496. The second kappa shape index (κ2) is 8.17. The van der Waals surface area contributed by atoms with Crippen LogP contribution in [0.4, 0.5) is 0 Å². The number of rotatable bonds is 6. The van der Waals surface area contributed by atoms with E-state index in [-0.39, 0.29) is 5.75 Å². The molecule has 0 amide bonds.